The van der Waals surface area contributed by atoms with Crippen LogP contribution in [0, 0.1) is 0 Å². The second-order valence-electron chi connectivity index (χ2n) is 14.4. The van der Waals surface area contributed by atoms with Crippen LogP contribution in [0.5, 0.6) is 0 Å². The molecule has 0 N–H and O–H groups in total. The monoisotopic (exact) mass is 714 g/mol. The Balaban J connectivity index is 1.16. The van der Waals surface area contributed by atoms with Gasteiger partial charge in [0, 0.05) is 55.1 Å². The van der Waals surface area contributed by atoms with Gasteiger partial charge in [-0.05, 0) is 45.8 Å². The maximum Gasteiger partial charge on any atom is 0.164 e. The van der Waals surface area contributed by atoms with Gasteiger partial charge >= 0.3 is 0 Å². The lowest BCUT2D eigenvalue weighted by atomic mass is 9.99. The van der Waals surface area contributed by atoms with Crippen molar-refractivity contribution in [2.24, 2.45) is 0 Å². The summed E-state index contributed by atoms with van der Waals surface area (Å²) in [6.07, 6.45) is 0. The molecule has 3 heterocycles. The molecule has 3 aromatic heterocycles. The van der Waals surface area contributed by atoms with Crippen molar-refractivity contribution in [2.45, 2.75) is 0 Å². The number of nitrogens with zero attached hydrogens (tertiary/aromatic N) is 4. The van der Waals surface area contributed by atoms with Crippen LogP contribution in [0.2, 0.25) is 0 Å². The first-order valence-corrected chi connectivity index (χ1v) is 18.9. The Bertz CT molecular complexity index is 3540. The Morgan fingerprint density at radius 2 is 0.964 bits per heavy atom. The van der Waals surface area contributed by atoms with Gasteiger partial charge in [-0.3, -0.25) is 0 Å². The Morgan fingerprint density at radius 1 is 0.357 bits per heavy atom. The summed E-state index contributed by atoms with van der Waals surface area (Å²) in [6.45, 7) is 0. The summed E-state index contributed by atoms with van der Waals surface area (Å²) in [5.41, 5.74) is 7.82. The number of hydrogen-bond donors (Lipinski definition) is 0. The van der Waals surface area contributed by atoms with Crippen LogP contribution in [0.3, 0.4) is 0 Å². The highest BCUT2D eigenvalue weighted by Crippen LogP contribution is 2.43. The Kier molecular flexibility index (Phi) is 6.56. The van der Waals surface area contributed by atoms with Gasteiger partial charge in [0.2, 0.25) is 0 Å². The molecule has 0 saturated heterocycles. The van der Waals surface area contributed by atoms with Crippen LogP contribution in [-0.4, -0.2) is 19.5 Å². The molecule has 0 radical (unpaired) electrons. The van der Waals surface area contributed by atoms with Gasteiger partial charge in [-0.1, -0.05) is 152 Å². The zero-order valence-corrected chi connectivity index (χ0v) is 30.0. The van der Waals surface area contributed by atoms with E-state index in [1.165, 1.54) is 32.4 Å². The van der Waals surface area contributed by atoms with Gasteiger partial charge in [0.25, 0.3) is 0 Å². The van der Waals surface area contributed by atoms with Gasteiger partial charge in [-0.2, -0.15) is 0 Å². The van der Waals surface area contributed by atoms with Crippen molar-refractivity contribution >= 4 is 76.1 Å². The van der Waals surface area contributed by atoms with Crippen molar-refractivity contribution in [3.05, 3.63) is 182 Å². The lowest BCUT2D eigenvalue weighted by Gasteiger charge is -2.15. The fourth-order valence-corrected chi connectivity index (χ4v) is 8.60. The molecule has 5 heteroatoms. The average molecular weight is 715 g/mol. The zero-order chi connectivity index (χ0) is 36.7. The highest BCUT2D eigenvalue weighted by Gasteiger charge is 2.21. The highest BCUT2D eigenvalue weighted by atomic mass is 16.3. The smallest absolute Gasteiger partial charge is 0.164 e. The van der Waals surface area contributed by atoms with E-state index in [9.17, 15) is 0 Å². The fraction of sp³-hybridized carbons (Fsp3) is 0. The first-order valence-electron chi connectivity index (χ1n) is 18.9. The minimum absolute atomic E-state index is 0.609. The number of para-hydroxylation sites is 2. The third kappa shape index (κ3) is 4.64. The number of fused-ring (bicyclic) bond motifs is 11. The molecule has 0 aliphatic heterocycles. The number of hydrogen-bond acceptors (Lipinski definition) is 4. The van der Waals surface area contributed by atoms with Crippen molar-refractivity contribution in [3.8, 4) is 39.9 Å². The summed E-state index contributed by atoms with van der Waals surface area (Å²) in [7, 11) is 0. The van der Waals surface area contributed by atoms with Crippen LogP contribution >= 0.6 is 0 Å². The maximum absolute atomic E-state index is 6.69. The van der Waals surface area contributed by atoms with E-state index in [0.717, 1.165) is 66.0 Å². The molecule has 0 unspecified atom stereocenters. The predicted octanol–water partition coefficient (Wildman–Crippen LogP) is 13.3. The van der Waals surface area contributed by atoms with E-state index in [-0.39, 0.29) is 0 Å². The van der Waals surface area contributed by atoms with Gasteiger partial charge in [0.1, 0.15) is 11.2 Å². The molecular formula is C51H30N4O. The van der Waals surface area contributed by atoms with Crippen LogP contribution in [0.1, 0.15) is 0 Å². The molecule has 5 nitrogen and oxygen atoms in total. The molecular weight excluding hydrogens is 685 g/mol. The molecule has 0 spiro atoms. The zero-order valence-electron chi connectivity index (χ0n) is 30.0. The number of furan rings is 1. The summed E-state index contributed by atoms with van der Waals surface area (Å²) in [5, 5.41) is 11.5. The summed E-state index contributed by atoms with van der Waals surface area (Å²) in [5.74, 6) is 1.87. The molecule has 0 fully saturated rings. The van der Waals surface area contributed by atoms with Crippen LogP contribution < -0.4 is 0 Å². The first kappa shape index (κ1) is 30.8. The number of rotatable bonds is 4. The van der Waals surface area contributed by atoms with Gasteiger partial charge in [0.05, 0.1) is 16.7 Å². The number of benzene rings is 9. The normalized spacial score (nSPS) is 11.9. The molecule has 0 amide bonds. The molecule has 56 heavy (non-hydrogen) atoms. The molecule has 12 aromatic rings. The standard InChI is InChI=1S/C51H30N4O/c1-2-14-33(15-3-1)49-52-50(35-23-22-31-12-4-5-16-34(31)28-35)54-51(53-49)36-25-26-39-42(29-36)47-41-19-9-11-21-45(41)56-46(47)30-44(39)55-43-20-10-8-18-38(43)40-27-24-32-13-6-7-17-37(32)48(40)55/h1-30H. The van der Waals surface area contributed by atoms with E-state index >= 15 is 0 Å². The van der Waals surface area contributed by atoms with Crippen molar-refractivity contribution in [3.63, 3.8) is 0 Å². The topological polar surface area (TPSA) is 56.7 Å². The van der Waals surface area contributed by atoms with Crippen LogP contribution in [0.4, 0.5) is 0 Å². The van der Waals surface area contributed by atoms with Crippen LogP contribution in [-0.2, 0) is 0 Å². The lowest BCUT2D eigenvalue weighted by Crippen LogP contribution is -2.01. The molecule has 0 aliphatic carbocycles. The minimum Gasteiger partial charge on any atom is -0.456 e. The summed E-state index contributed by atoms with van der Waals surface area (Å²) < 4.78 is 9.12. The van der Waals surface area contributed by atoms with Crippen molar-refractivity contribution in [1.29, 1.82) is 0 Å². The molecule has 0 aliphatic rings. The quantitative estimate of drug-likeness (QED) is 0.182. The Labute approximate surface area is 320 Å². The predicted molar refractivity (Wildman–Crippen MR) is 230 cm³/mol. The van der Waals surface area contributed by atoms with E-state index in [4.69, 9.17) is 19.4 Å². The van der Waals surface area contributed by atoms with E-state index in [2.05, 4.69) is 144 Å². The molecule has 0 saturated carbocycles. The summed E-state index contributed by atoms with van der Waals surface area (Å²) in [4.78, 5) is 15.4. The van der Waals surface area contributed by atoms with Gasteiger partial charge in [-0.25, -0.2) is 15.0 Å². The summed E-state index contributed by atoms with van der Waals surface area (Å²) >= 11 is 0. The Hall–Kier alpha value is -7.63. The second kappa shape index (κ2) is 11.9. The first-order chi connectivity index (χ1) is 27.7. The third-order valence-corrected chi connectivity index (χ3v) is 11.2. The largest absolute Gasteiger partial charge is 0.456 e. The third-order valence-electron chi connectivity index (χ3n) is 11.2. The van der Waals surface area contributed by atoms with Crippen molar-refractivity contribution in [1.82, 2.24) is 19.5 Å². The van der Waals surface area contributed by atoms with E-state index in [0.29, 0.717) is 17.5 Å². The fourth-order valence-electron chi connectivity index (χ4n) is 8.60. The highest BCUT2D eigenvalue weighted by molar-refractivity contribution is 6.24. The molecule has 12 rings (SSSR count). The van der Waals surface area contributed by atoms with Gasteiger partial charge in [-0.15, -0.1) is 0 Å². The lowest BCUT2D eigenvalue weighted by molar-refractivity contribution is 0.669. The average Bonchev–Trinajstić information content (AvgIpc) is 3.82. The van der Waals surface area contributed by atoms with E-state index in [1.54, 1.807) is 0 Å². The Morgan fingerprint density at radius 3 is 1.80 bits per heavy atom. The molecule has 260 valence electrons. The minimum atomic E-state index is 0.609. The summed E-state index contributed by atoms with van der Waals surface area (Å²) in [6, 6.07) is 63.9. The van der Waals surface area contributed by atoms with Crippen molar-refractivity contribution in [2.75, 3.05) is 0 Å². The van der Waals surface area contributed by atoms with Gasteiger partial charge in [0.15, 0.2) is 17.5 Å². The van der Waals surface area contributed by atoms with Crippen LogP contribution in [0.15, 0.2) is 186 Å². The second-order valence-corrected chi connectivity index (χ2v) is 14.4. The van der Waals surface area contributed by atoms with Gasteiger partial charge < -0.3 is 8.98 Å². The van der Waals surface area contributed by atoms with Crippen molar-refractivity contribution < 1.29 is 4.42 Å². The van der Waals surface area contributed by atoms with E-state index < -0.39 is 0 Å². The SMILES string of the molecule is c1ccc(-c2nc(-c3ccc4ccccc4c3)nc(-c3ccc4c(-n5c6ccccc6c6ccc7ccccc7c65)cc5oc6ccccc6c5c4c3)n2)cc1. The number of aromatic nitrogens is 4. The molecule has 0 atom stereocenters. The maximum atomic E-state index is 6.69. The molecule has 9 aromatic carbocycles. The molecule has 0 bridgehead atoms. The van der Waals surface area contributed by atoms with Crippen LogP contribution in [0.25, 0.3) is 116 Å². The van der Waals surface area contributed by atoms with E-state index in [1.807, 2.05) is 42.5 Å².